The Morgan fingerprint density at radius 1 is 1.45 bits per heavy atom. The highest BCUT2D eigenvalue weighted by Crippen LogP contribution is 2.38. The Hall–Kier alpha value is 0.400. The molecule has 4 nitrogen and oxygen atoms in total. The highest BCUT2D eigenvalue weighted by Gasteiger charge is 2.24. The molecule has 0 aromatic heterocycles. The molecule has 1 aliphatic heterocycles. The average Bonchev–Trinajstić information content (AvgIpc) is 2.03. The molecule has 6 heteroatoms. The molecule has 1 heterocycles. The zero-order valence-electron chi connectivity index (χ0n) is 6.18. The van der Waals surface area contributed by atoms with Crippen LogP contribution >= 0.6 is 19.3 Å². The van der Waals surface area contributed by atoms with Crippen molar-refractivity contribution < 1.29 is 9.09 Å². The topological polar surface area (TPSA) is 50.4 Å². The van der Waals surface area contributed by atoms with E-state index in [0.717, 1.165) is 19.5 Å². The van der Waals surface area contributed by atoms with Crippen LogP contribution in [0.25, 0.3) is 0 Å². The van der Waals surface area contributed by atoms with Crippen LogP contribution in [0.1, 0.15) is 6.42 Å². The van der Waals surface area contributed by atoms with E-state index in [0.29, 0.717) is 12.5 Å². The Morgan fingerprint density at radius 3 is 2.64 bits per heavy atom. The lowest BCUT2D eigenvalue weighted by molar-refractivity contribution is 0.311. The smallest absolute Gasteiger partial charge is 0.305 e. The summed E-state index contributed by atoms with van der Waals surface area (Å²) in [6.45, 7) is 1.80. The third-order valence-corrected chi connectivity index (χ3v) is 3.32. The van der Waals surface area contributed by atoms with Crippen LogP contribution in [0, 0.1) is 0 Å². The van der Waals surface area contributed by atoms with Gasteiger partial charge in [-0.3, -0.25) is 4.57 Å². The van der Waals surface area contributed by atoms with Crippen LogP contribution in [-0.2, 0) is 9.09 Å². The van der Waals surface area contributed by atoms with Gasteiger partial charge in [-0.1, -0.05) is 0 Å². The SMILES string of the molecule is O=P1(OCCCl)NCCCN1. The lowest BCUT2D eigenvalue weighted by atomic mass is 10.4. The summed E-state index contributed by atoms with van der Waals surface area (Å²) in [5.41, 5.74) is 0. The van der Waals surface area contributed by atoms with Crippen LogP contribution in [0.3, 0.4) is 0 Å². The molecular weight excluding hydrogens is 186 g/mol. The van der Waals surface area contributed by atoms with Gasteiger partial charge in [-0.25, -0.2) is 10.2 Å². The fourth-order valence-corrected chi connectivity index (χ4v) is 2.58. The standard InChI is InChI=1S/C5H12ClN2O2P/c6-2-5-10-11(9)7-3-1-4-8-11/h1-5H2,(H2,7,8,9). The maximum atomic E-state index is 11.5. The quantitative estimate of drug-likeness (QED) is 0.523. The van der Waals surface area contributed by atoms with Crippen LogP contribution in [0.2, 0.25) is 0 Å². The molecule has 0 spiro atoms. The lowest BCUT2D eigenvalue weighted by Gasteiger charge is -2.24. The van der Waals surface area contributed by atoms with Crippen molar-refractivity contribution in [3.05, 3.63) is 0 Å². The van der Waals surface area contributed by atoms with Gasteiger partial charge in [0.05, 0.1) is 6.61 Å². The molecule has 0 aromatic rings. The minimum absolute atomic E-state index is 0.318. The van der Waals surface area contributed by atoms with E-state index in [1.165, 1.54) is 0 Å². The van der Waals surface area contributed by atoms with Crippen molar-refractivity contribution >= 4 is 19.3 Å². The third-order valence-electron chi connectivity index (χ3n) is 1.34. The van der Waals surface area contributed by atoms with Gasteiger partial charge < -0.3 is 4.52 Å². The summed E-state index contributed by atoms with van der Waals surface area (Å²) >= 11 is 5.38. The summed E-state index contributed by atoms with van der Waals surface area (Å²) in [5.74, 6) is 0.368. The Kier molecular flexibility index (Phi) is 3.82. The van der Waals surface area contributed by atoms with Crippen molar-refractivity contribution in [1.82, 2.24) is 10.2 Å². The van der Waals surface area contributed by atoms with Crippen molar-refractivity contribution in [2.75, 3.05) is 25.6 Å². The largest absolute Gasteiger partial charge is 0.340 e. The first-order chi connectivity index (χ1) is 5.27. The van der Waals surface area contributed by atoms with Gasteiger partial charge in [0.1, 0.15) is 0 Å². The monoisotopic (exact) mass is 198 g/mol. The van der Waals surface area contributed by atoms with E-state index in [9.17, 15) is 4.57 Å². The lowest BCUT2D eigenvalue weighted by Crippen LogP contribution is -2.32. The molecule has 66 valence electrons. The fourth-order valence-electron chi connectivity index (χ4n) is 0.851. The van der Waals surface area contributed by atoms with Crippen molar-refractivity contribution in [1.29, 1.82) is 0 Å². The summed E-state index contributed by atoms with van der Waals surface area (Å²) in [6, 6.07) is 0. The molecule has 0 saturated carbocycles. The summed E-state index contributed by atoms with van der Waals surface area (Å²) < 4.78 is 16.5. The van der Waals surface area contributed by atoms with E-state index in [-0.39, 0.29) is 0 Å². The van der Waals surface area contributed by atoms with Crippen LogP contribution < -0.4 is 10.2 Å². The number of alkyl halides is 1. The van der Waals surface area contributed by atoms with Gasteiger partial charge in [0.15, 0.2) is 0 Å². The molecular formula is C5H12ClN2O2P. The van der Waals surface area contributed by atoms with Crippen LogP contribution in [0.15, 0.2) is 0 Å². The predicted molar refractivity (Wildman–Crippen MR) is 44.9 cm³/mol. The second-order valence-corrected chi connectivity index (χ2v) is 4.62. The Morgan fingerprint density at radius 2 is 2.09 bits per heavy atom. The van der Waals surface area contributed by atoms with Crippen LogP contribution in [0.4, 0.5) is 0 Å². The fraction of sp³-hybridized carbons (Fsp3) is 1.00. The van der Waals surface area contributed by atoms with Gasteiger partial charge in [0, 0.05) is 19.0 Å². The first kappa shape index (κ1) is 9.49. The average molecular weight is 199 g/mol. The second kappa shape index (κ2) is 4.43. The van der Waals surface area contributed by atoms with E-state index < -0.39 is 7.67 Å². The first-order valence-electron chi connectivity index (χ1n) is 3.58. The minimum atomic E-state index is -2.71. The molecule has 1 saturated heterocycles. The Labute approximate surface area is 71.2 Å². The minimum Gasteiger partial charge on any atom is -0.305 e. The number of nitrogens with one attached hydrogen (secondary N) is 2. The molecule has 0 bridgehead atoms. The van der Waals surface area contributed by atoms with E-state index in [1.807, 2.05) is 0 Å². The van der Waals surface area contributed by atoms with Gasteiger partial charge in [0.25, 0.3) is 0 Å². The molecule has 1 rings (SSSR count). The van der Waals surface area contributed by atoms with E-state index in [1.54, 1.807) is 0 Å². The number of hydrogen-bond donors (Lipinski definition) is 2. The number of hydrogen-bond acceptors (Lipinski definition) is 2. The summed E-state index contributed by atoms with van der Waals surface area (Å²) in [4.78, 5) is 0. The Balaban J connectivity index is 2.32. The molecule has 0 atom stereocenters. The van der Waals surface area contributed by atoms with Crippen molar-refractivity contribution in [3.8, 4) is 0 Å². The third kappa shape index (κ3) is 3.09. The summed E-state index contributed by atoms with van der Waals surface area (Å²) in [6.07, 6.45) is 0.980. The van der Waals surface area contributed by atoms with Crippen LogP contribution in [0.5, 0.6) is 0 Å². The maximum absolute atomic E-state index is 11.5. The summed E-state index contributed by atoms with van der Waals surface area (Å²) in [7, 11) is -2.71. The molecule has 2 N–H and O–H groups in total. The molecule has 1 aliphatic rings. The molecule has 11 heavy (non-hydrogen) atoms. The van der Waals surface area contributed by atoms with E-state index in [2.05, 4.69) is 10.2 Å². The summed E-state index contributed by atoms with van der Waals surface area (Å²) in [5, 5.41) is 5.59. The van der Waals surface area contributed by atoms with Crippen molar-refractivity contribution in [2.24, 2.45) is 0 Å². The number of halogens is 1. The number of rotatable bonds is 3. The zero-order valence-corrected chi connectivity index (χ0v) is 7.83. The van der Waals surface area contributed by atoms with Gasteiger partial charge >= 0.3 is 7.67 Å². The van der Waals surface area contributed by atoms with Gasteiger partial charge in [-0.2, -0.15) is 0 Å². The molecule has 0 aliphatic carbocycles. The van der Waals surface area contributed by atoms with E-state index >= 15 is 0 Å². The predicted octanol–water partition coefficient (Wildman–Crippen LogP) is 0.933. The van der Waals surface area contributed by atoms with Gasteiger partial charge in [-0.05, 0) is 6.42 Å². The van der Waals surface area contributed by atoms with Gasteiger partial charge in [0.2, 0.25) is 0 Å². The van der Waals surface area contributed by atoms with Gasteiger partial charge in [-0.15, -0.1) is 11.6 Å². The second-order valence-electron chi connectivity index (χ2n) is 2.24. The van der Waals surface area contributed by atoms with Crippen LogP contribution in [-0.4, -0.2) is 25.6 Å². The normalized spacial score (nSPS) is 23.4. The molecule has 1 fully saturated rings. The van der Waals surface area contributed by atoms with Crippen molar-refractivity contribution in [3.63, 3.8) is 0 Å². The van der Waals surface area contributed by atoms with Crippen molar-refractivity contribution in [2.45, 2.75) is 6.42 Å². The first-order valence-corrected chi connectivity index (χ1v) is 5.73. The highest BCUT2D eigenvalue weighted by molar-refractivity contribution is 7.54. The highest BCUT2D eigenvalue weighted by atomic mass is 35.5. The molecule has 0 radical (unpaired) electrons. The maximum Gasteiger partial charge on any atom is 0.340 e. The molecule has 0 aromatic carbocycles. The Bertz CT molecular complexity index is 157. The molecule has 0 amide bonds. The molecule has 0 unspecified atom stereocenters. The van der Waals surface area contributed by atoms with E-state index in [4.69, 9.17) is 16.1 Å². The zero-order chi connectivity index (χ0) is 8.16.